The van der Waals surface area contributed by atoms with Crippen LogP contribution in [0.25, 0.3) is 16.9 Å². The highest BCUT2D eigenvalue weighted by Crippen LogP contribution is 2.15. The van der Waals surface area contributed by atoms with Gasteiger partial charge in [-0.15, -0.1) is 4.40 Å². The Bertz CT molecular complexity index is 769. The highest BCUT2D eigenvalue weighted by atomic mass is 16.1. The van der Waals surface area contributed by atoms with Gasteiger partial charge in [0.25, 0.3) is 5.82 Å². The molecule has 4 nitrogen and oxygen atoms in total. The van der Waals surface area contributed by atoms with Crippen LogP contribution in [0, 0.1) is 6.92 Å². The number of fused-ring (bicyclic) bond motifs is 1. The molecule has 0 saturated carbocycles. The largest absolute Gasteiger partial charge is 0.342 e. The van der Waals surface area contributed by atoms with E-state index in [1.54, 1.807) is 10.5 Å². The first-order valence-corrected chi connectivity index (χ1v) is 5.83. The summed E-state index contributed by atoms with van der Waals surface area (Å²) in [4.78, 5) is 15.4. The van der Waals surface area contributed by atoms with Crippen LogP contribution in [0.1, 0.15) is 5.82 Å². The normalized spacial score (nSPS) is 11.0. The molecular formula is C14H14N3O+. The second kappa shape index (κ2) is 3.84. The summed E-state index contributed by atoms with van der Waals surface area (Å²) >= 11 is 0. The van der Waals surface area contributed by atoms with Crippen LogP contribution < -0.4 is 10.1 Å². The summed E-state index contributed by atoms with van der Waals surface area (Å²) in [5, 5.41) is 0. The van der Waals surface area contributed by atoms with Gasteiger partial charge in [-0.25, -0.2) is 9.36 Å². The second-order valence-electron chi connectivity index (χ2n) is 4.40. The Hall–Kier alpha value is -2.36. The lowest BCUT2D eigenvalue weighted by molar-refractivity contribution is -0.676. The number of benzene rings is 1. The molecule has 0 saturated heterocycles. The van der Waals surface area contributed by atoms with Gasteiger partial charge in [0.15, 0.2) is 6.20 Å². The fourth-order valence-corrected chi connectivity index (χ4v) is 2.17. The third kappa shape index (κ3) is 1.54. The van der Waals surface area contributed by atoms with Gasteiger partial charge in [0.05, 0.1) is 18.8 Å². The first kappa shape index (κ1) is 10.8. The fourth-order valence-electron chi connectivity index (χ4n) is 2.17. The number of aromatic amines is 1. The van der Waals surface area contributed by atoms with Gasteiger partial charge in [-0.05, 0) is 5.56 Å². The van der Waals surface area contributed by atoms with Gasteiger partial charge in [-0.3, -0.25) is 0 Å². The van der Waals surface area contributed by atoms with Gasteiger partial charge >= 0.3 is 5.56 Å². The summed E-state index contributed by atoms with van der Waals surface area (Å²) in [7, 11) is 1.93. The Balaban J connectivity index is 2.32. The number of aryl methyl sites for hydroxylation is 2. The van der Waals surface area contributed by atoms with Crippen LogP contribution in [0.15, 0.2) is 47.4 Å². The molecule has 0 bridgehead atoms. The average Bonchev–Trinajstić information content (AvgIpc) is 2.66. The average molecular weight is 240 g/mol. The number of aromatic nitrogens is 3. The van der Waals surface area contributed by atoms with E-state index in [9.17, 15) is 4.79 Å². The lowest BCUT2D eigenvalue weighted by Gasteiger charge is -1.99. The second-order valence-corrected chi connectivity index (χ2v) is 4.40. The van der Waals surface area contributed by atoms with Crippen molar-refractivity contribution in [2.45, 2.75) is 6.92 Å². The summed E-state index contributed by atoms with van der Waals surface area (Å²) in [6, 6.07) is 11.5. The fraction of sp³-hybridized carbons (Fsp3) is 0.143. The van der Waals surface area contributed by atoms with Crippen molar-refractivity contribution >= 4 is 5.65 Å². The van der Waals surface area contributed by atoms with Gasteiger partial charge in [0, 0.05) is 6.92 Å². The molecule has 0 aliphatic heterocycles. The van der Waals surface area contributed by atoms with Gasteiger partial charge in [-0.1, -0.05) is 30.3 Å². The van der Waals surface area contributed by atoms with Gasteiger partial charge in [-0.2, -0.15) is 0 Å². The first-order valence-electron chi connectivity index (χ1n) is 5.83. The third-order valence-electron chi connectivity index (χ3n) is 3.23. The van der Waals surface area contributed by atoms with E-state index >= 15 is 0 Å². The quantitative estimate of drug-likeness (QED) is 0.642. The number of H-pyrrole nitrogens is 1. The molecule has 0 aliphatic carbocycles. The van der Waals surface area contributed by atoms with Crippen LogP contribution in [0.5, 0.6) is 0 Å². The molecule has 0 amide bonds. The Kier molecular flexibility index (Phi) is 2.30. The molecule has 4 heteroatoms. The van der Waals surface area contributed by atoms with E-state index in [1.807, 2.05) is 55.1 Å². The zero-order valence-electron chi connectivity index (χ0n) is 10.3. The van der Waals surface area contributed by atoms with E-state index in [0.717, 1.165) is 22.7 Å². The predicted molar refractivity (Wildman–Crippen MR) is 69.4 cm³/mol. The molecule has 2 heterocycles. The number of imidazole rings is 1. The zero-order chi connectivity index (χ0) is 12.7. The molecule has 1 N–H and O–H groups in total. The van der Waals surface area contributed by atoms with Crippen LogP contribution >= 0.6 is 0 Å². The van der Waals surface area contributed by atoms with Crippen molar-refractivity contribution in [2.75, 3.05) is 0 Å². The van der Waals surface area contributed by atoms with Crippen LogP contribution in [0.2, 0.25) is 0 Å². The van der Waals surface area contributed by atoms with Crippen molar-refractivity contribution in [2.24, 2.45) is 7.05 Å². The molecule has 1 aromatic carbocycles. The lowest BCUT2D eigenvalue weighted by Crippen LogP contribution is -2.30. The van der Waals surface area contributed by atoms with Gasteiger partial charge in [0.2, 0.25) is 5.65 Å². The molecule has 0 aliphatic rings. The van der Waals surface area contributed by atoms with Gasteiger partial charge in [0.1, 0.15) is 0 Å². The number of hydrogen-bond donors (Lipinski definition) is 1. The summed E-state index contributed by atoms with van der Waals surface area (Å²) in [5.41, 5.74) is 2.65. The van der Waals surface area contributed by atoms with E-state index in [0.29, 0.717) is 0 Å². The molecule has 0 spiro atoms. The molecule has 0 radical (unpaired) electrons. The van der Waals surface area contributed by atoms with Gasteiger partial charge < -0.3 is 4.98 Å². The molecule has 3 rings (SSSR count). The molecule has 3 aromatic rings. The number of rotatable bonds is 1. The molecule has 18 heavy (non-hydrogen) atoms. The van der Waals surface area contributed by atoms with E-state index < -0.39 is 0 Å². The maximum atomic E-state index is 12.1. The SMILES string of the molecule is Cc1n2c(=O)cc(-c3ccccc3)[nH]c2c[n+]1C. The molecule has 90 valence electrons. The van der Waals surface area contributed by atoms with Crippen LogP contribution in [0.4, 0.5) is 0 Å². The number of nitrogens with zero attached hydrogens (tertiary/aromatic N) is 2. The van der Waals surface area contributed by atoms with Crippen LogP contribution in [-0.2, 0) is 7.05 Å². The highest BCUT2D eigenvalue weighted by molar-refractivity contribution is 5.60. The molecule has 0 unspecified atom stereocenters. The van der Waals surface area contributed by atoms with E-state index in [1.165, 1.54) is 0 Å². The molecule has 0 fully saturated rings. The van der Waals surface area contributed by atoms with E-state index in [-0.39, 0.29) is 5.56 Å². The Morgan fingerprint density at radius 2 is 1.94 bits per heavy atom. The Morgan fingerprint density at radius 3 is 2.67 bits per heavy atom. The number of nitrogens with one attached hydrogen (secondary N) is 1. The Morgan fingerprint density at radius 1 is 1.22 bits per heavy atom. The summed E-state index contributed by atoms with van der Waals surface area (Å²) in [6.07, 6.45) is 1.92. The zero-order valence-corrected chi connectivity index (χ0v) is 10.3. The molecule has 2 aromatic heterocycles. The summed E-state index contributed by atoms with van der Waals surface area (Å²) in [5.74, 6) is 0.908. The Labute approximate surface area is 104 Å². The lowest BCUT2D eigenvalue weighted by atomic mass is 10.1. The standard InChI is InChI=1S/C14H13N3O/c1-10-16(2)9-13-15-12(8-14(18)17(10)13)11-6-4-3-5-7-11/h3-9H,1-2H3/p+1. The van der Waals surface area contributed by atoms with Crippen LogP contribution in [0.3, 0.4) is 0 Å². The molecule has 0 atom stereocenters. The van der Waals surface area contributed by atoms with E-state index in [4.69, 9.17) is 0 Å². The van der Waals surface area contributed by atoms with Crippen molar-refractivity contribution in [3.05, 3.63) is 58.8 Å². The molecular weight excluding hydrogens is 226 g/mol. The van der Waals surface area contributed by atoms with Crippen molar-refractivity contribution in [3.63, 3.8) is 0 Å². The van der Waals surface area contributed by atoms with Crippen LogP contribution in [-0.4, -0.2) is 9.38 Å². The maximum absolute atomic E-state index is 12.1. The van der Waals surface area contributed by atoms with Crippen molar-refractivity contribution < 1.29 is 4.57 Å². The summed E-state index contributed by atoms with van der Waals surface area (Å²) in [6.45, 7) is 1.92. The minimum atomic E-state index is -0.0132. The monoisotopic (exact) mass is 240 g/mol. The van der Waals surface area contributed by atoms with Crippen molar-refractivity contribution in [1.82, 2.24) is 9.38 Å². The minimum Gasteiger partial charge on any atom is -0.318 e. The first-order chi connectivity index (χ1) is 8.66. The topological polar surface area (TPSA) is 41.1 Å². The summed E-state index contributed by atoms with van der Waals surface area (Å²) < 4.78 is 3.61. The van der Waals surface area contributed by atoms with Crippen molar-refractivity contribution in [1.29, 1.82) is 0 Å². The minimum absolute atomic E-state index is 0.0132. The predicted octanol–water partition coefficient (Wildman–Crippen LogP) is 1.43. The van der Waals surface area contributed by atoms with E-state index in [2.05, 4.69) is 4.98 Å². The third-order valence-corrected chi connectivity index (χ3v) is 3.23. The smallest absolute Gasteiger partial charge is 0.318 e. The van der Waals surface area contributed by atoms with Crippen molar-refractivity contribution in [3.8, 4) is 11.3 Å². The number of hydrogen-bond acceptors (Lipinski definition) is 1. The maximum Gasteiger partial charge on any atom is 0.342 e. The highest BCUT2D eigenvalue weighted by Gasteiger charge is 2.15.